The van der Waals surface area contributed by atoms with Crippen LogP contribution in [0.25, 0.3) is 4.91 Å². The lowest BCUT2D eigenvalue weighted by atomic mass is 9.86. The molecule has 2 rings (SSSR count). The van der Waals surface area contributed by atoms with Crippen LogP contribution in [0.1, 0.15) is 36.7 Å². The van der Waals surface area contributed by atoms with E-state index >= 15 is 0 Å². The van der Waals surface area contributed by atoms with Crippen molar-refractivity contribution in [2.45, 2.75) is 20.8 Å². The highest BCUT2D eigenvalue weighted by Gasteiger charge is 2.22. The van der Waals surface area contributed by atoms with Gasteiger partial charge in [-0.05, 0) is 11.6 Å². The largest absolute Gasteiger partial charge is 0.294 e. The van der Waals surface area contributed by atoms with Crippen molar-refractivity contribution in [2.24, 2.45) is 5.41 Å². The lowest BCUT2D eigenvalue weighted by Crippen LogP contribution is -2.19. The molecular formula is C15H16OS2. The minimum atomic E-state index is -0.326. The van der Waals surface area contributed by atoms with Gasteiger partial charge in [-0.2, -0.15) is 0 Å². The van der Waals surface area contributed by atoms with Gasteiger partial charge in [0.1, 0.15) is 0 Å². The molecule has 0 aliphatic carbocycles. The minimum absolute atomic E-state index is 0.181. The number of hydrogen-bond donors (Lipinski definition) is 0. The molecule has 0 saturated heterocycles. The number of benzene rings is 1. The second kappa shape index (κ2) is 4.98. The van der Waals surface area contributed by atoms with Crippen molar-refractivity contribution in [3.8, 4) is 0 Å². The third-order valence-electron chi connectivity index (χ3n) is 2.64. The average molecular weight is 276 g/mol. The number of ketones is 1. The van der Waals surface area contributed by atoms with Crippen LogP contribution < -0.4 is 0 Å². The Morgan fingerprint density at radius 1 is 1.11 bits per heavy atom. The Hall–Kier alpha value is -0.930. The fraction of sp³-hybridized carbons (Fsp3) is 0.267. The lowest BCUT2D eigenvalue weighted by molar-refractivity contribution is 0.0858. The molecule has 0 radical (unpaired) electrons. The van der Waals surface area contributed by atoms with Crippen molar-refractivity contribution >= 4 is 32.3 Å². The monoisotopic (exact) mass is 276 g/mol. The molecule has 1 aromatic carbocycles. The van der Waals surface area contributed by atoms with Gasteiger partial charge in [-0.3, -0.25) is 4.79 Å². The van der Waals surface area contributed by atoms with Crippen LogP contribution in [-0.4, -0.2) is 5.78 Å². The molecule has 0 atom stereocenters. The molecule has 0 amide bonds. The summed E-state index contributed by atoms with van der Waals surface area (Å²) < 4.78 is 0. The molecule has 94 valence electrons. The Morgan fingerprint density at radius 3 is 2.17 bits per heavy atom. The number of allylic oxidation sites excluding steroid dienone is 1. The lowest BCUT2D eigenvalue weighted by Gasteiger charge is -2.16. The molecule has 0 fully saturated rings. The van der Waals surface area contributed by atoms with Gasteiger partial charge in [-0.1, -0.05) is 73.2 Å². The summed E-state index contributed by atoms with van der Waals surface area (Å²) in [6.07, 6.45) is 2.08. The van der Waals surface area contributed by atoms with E-state index < -0.39 is 0 Å². The van der Waals surface area contributed by atoms with Crippen LogP contribution in [0.4, 0.5) is 0 Å². The number of Topliss-reactive ketones (excluding diaryl/α,β-unsaturated/α-hetero) is 1. The number of carbonyl (C=O) groups is 1. The smallest absolute Gasteiger partial charge is 0.168 e. The fourth-order valence-electron chi connectivity index (χ4n) is 1.64. The zero-order chi connectivity index (χ0) is 13.3. The van der Waals surface area contributed by atoms with E-state index in [0.29, 0.717) is 0 Å². The van der Waals surface area contributed by atoms with Crippen molar-refractivity contribution in [1.82, 2.24) is 0 Å². The molecule has 1 heterocycles. The predicted octanol–water partition coefficient (Wildman–Crippen LogP) is 5.17. The number of hydrogen-bond acceptors (Lipinski definition) is 3. The van der Waals surface area contributed by atoms with E-state index in [1.807, 2.05) is 45.0 Å². The fourth-order valence-corrected chi connectivity index (χ4v) is 3.67. The highest BCUT2D eigenvalue weighted by molar-refractivity contribution is 8.82. The van der Waals surface area contributed by atoms with Crippen molar-refractivity contribution < 1.29 is 4.79 Å². The third-order valence-corrected chi connectivity index (χ3v) is 5.02. The summed E-state index contributed by atoms with van der Waals surface area (Å²) in [6, 6.07) is 7.85. The predicted molar refractivity (Wildman–Crippen MR) is 82.5 cm³/mol. The second-order valence-electron chi connectivity index (χ2n) is 5.30. The van der Waals surface area contributed by atoms with E-state index in [1.54, 1.807) is 21.6 Å². The number of carbonyl (C=O) groups excluding carboxylic acids is 1. The van der Waals surface area contributed by atoms with E-state index in [1.165, 1.54) is 4.91 Å². The first-order chi connectivity index (χ1) is 8.38. The average Bonchev–Trinajstić information content (AvgIpc) is 2.74. The summed E-state index contributed by atoms with van der Waals surface area (Å²) in [5.41, 5.74) is 1.60. The summed E-state index contributed by atoms with van der Waals surface area (Å²) in [4.78, 5) is 14.4. The van der Waals surface area contributed by atoms with Gasteiger partial charge in [0.15, 0.2) is 5.78 Å². The van der Waals surface area contributed by atoms with Gasteiger partial charge < -0.3 is 0 Å². The minimum Gasteiger partial charge on any atom is -0.294 e. The van der Waals surface area contributed by atoms with Gasteiger partial charge in [0.05, 0.1) is 0 Å². The van der Waals surface area contributed by atoms with Crippen molar-refractivity contribution in [3.63, 3.8) is 0 Å². The van der Waals surface area contributed by atoms with Gasteiger partial charge in [-0.15, -0.1) is 0 Å². The first kappa shape index (κ1) is 13.5. The van der Waals surface area contributed by atoms with Gasteiger partial charge in [0.2, 0.25) is 0 Å². The van der Waals surface area contributed by atoms with E-state index in [9.17, 15) is 4.79 Å². The van der Waals surface area contributed by atoms with Gasteiger partial charge in [-0.25, -0.2) is 0 Å². The zero-order valence-electron chi connectivity index (χ0n) is 10.8. The van der Waals surface area contributed by atoms with Crippen molar-refractivity contribution in [2.75, 3.05) is 0 Å². The molecule has 1 aliphatic heterocycles. The highest BCUT2D eigenvalue weighted by atomic mass is 33.1. The SMILES string of the molecule is C=C1C=C(c2ccc(C(=O)C(C)(C)C)cc2)SS1. The Labute approximate surface area is 116 Å². The maximum absolute atomic E-state index is 12.1. The molecule has 0 bridgehead atoms. The van der Waals surface area contributed by atoms with E-state index in [-0.39, 0.29) is 11.2 Å². The Balaban J connectivity index is 2.23. The second-order valence-corrected chi connectivity index (χ2v) is 7.60. The van der Waals surface area contributed by atoms with Crippen LogP contribution in [0, 0.1) is 5.41 Å². The molecule has 0 N–H and O–H groups in total. The van der Waals surface area contributed by atoms with Crippen LogP contribution in [0.5, 0.6) is 0 Å². The van der Waals surface area contributed by atoms with Crippen molar-refractivity contribution in [1.29, 1.82) is 0 Å². The van der Waals surface area contributed by atoms with Crippen LogP contribution >= 0.6 is 21.6 Å². The molecule has 1 aliphatic rings. The summed E-state index contributed by atoms with van der Waals surface area (Å²) in [5, 5.41) is 0. The van der Waals surface area contributed by atoms with Gasteiger partial charge in [0.25, 0.3) is 0 Å². The standard InChI is InChI=1S/C15H16OS2/c1-10-9-13(18-17-10)11-5-7-12(8-6-11)14(16)15(2,3)4/h5-9H,1H2,2-4H3. The molecule has 0 spiro atoms. The molecule has 0 aromatic heterocycles. The van der Waals surface area contributed by atoms with E-state index in [4.69, 9.17) is 0 Å². The molecule has 3 heteroatoms. The summed E-state index contributed by atoms with van der Waals surface area (Å²) in [7, 11) is 3.39. The Kier molecular flexibility index (Phi) is 3.74. The molecule has 0 saturated carbocycles. The number of rotatable bonds is 2. The Morgan fingerprint density at radius 2 is 1.72 bits per heavy atom. The van der Waals surface area contributed by atoms with Crippen molar-refractivity contribution in [3.05, 3.63) is 53.0 Å². The quantitative estimate of drug-likeness (QED) is 0.548. The van der Waals surface area contributed by atoms with Crippen LogP contribution in [-0.2, 0) is 0 Å². The first-order valence-electron chi connectivity index (χ1n) is 5.78. The van der Waals surface area contributed by atoms with Gasteiger partial charge >= 0.3 is 0 Å². The topological polar surface area (TPSA) is 17.1 Å². The molecule has 1 aromatic rings. The van der Waals surface area contributed by atoms with Crippen LogP contribution in [0.2, 0.25) is 0 Å². The highest BCUT2D eigenvalue weighted by Crippen LogP contribution is 2.48. The summed E-state index contributed by atoms with van der Waals surface area (Å²) >= 11 is 0. The molecule has 1 nitrogen and oxygen atoms in total. The summed E-state index contributed by atoms with van der Waals surface area (Å²) in [6.45, 7) is 9.75. The zero-order valence-corrected chi connectivity index (χ0v) is 12.5. The van der Waals surface area contributed by atoms with Crippen LogP contribution in [0.15, 0.2) is 41.8 Å². The van der Waals surface area contributed by atoms with E-state index in [0.717, 1.165) is 16.0 Å². The Bertz CT molecular complexity index is 518. The molecule has 18 heavy (non-hydrogen) atoms. The third kappa shape index (κ3) is 2.90. The maximum atomic E-state index is 12.1. The molecule has 0 unspecified atom stereocenters. The van der Waals surface area contributed by atoms with Gasteiger partial charge in [0, 0.05) is 20.8 Å². The normalized spacial score (nSPS) is 15.7. The van der Waals surface area contributed by atoms with Crippen LogP contribution in [0.3, 0.4) is 0 Å². The van der Waals surface area contributed by atoms with E-state index in [2.05, 4.69) is 12.7 Å². The summed E-state index contributed by atoms with van der Waals surface area (Å²) in [5.74, 6) is 0.181. The molecular weight excluding hydrogens is 260 g/mol. The maximum Gasteiger partial charge on any atom is 0.168 e. The first-order valence-corrected chi connectivity index (χ1v) is 7.93.